The van der Waals surface area contributed by atoms with Crippen molar-refractivity contribution in [2.24, 2.45) is 0 Å². The molecule has 0 aliphatic heterocycles. The first-order chi connectivity index (χ1) is 37.0. The zero-order valence-corrected chi connectivity index (χ0v) is 41.8. The summed E-state index contributed by atoms with van der Waals surface area (Å²) in [5.74, 6) is 0. The zero-order valence-electron chi connectivity index (χ0n) is 41.8. The molecule has 0 saturated heterocycles. The van der Waals surface area contributed by atoms with E-state index in [0.29, 0.717) is 0 Å². The predicted molar refractivity (Wildman–Crippen MR) is 316 cm³/mol. The molecule has 350 valence electrons. The van der Waals surface area contributed by atoms with Crippen molar-refractivity contribution >= 4 is 60.2 Å². The van der Waals surface area contributed by atoms with Gasteiger partial charge >= 0.3 is 0 Å². The Morgan fingerprint density at radius 1 is 0.267 bits per heavy atom. The first-order valence-electron chi connectivity index (χ1n) is 26.4. The lowest BCUT2D eigenvalue weighted by atomic mass is 9.70. The SMILES string of the molecule is CC1(C)c2ccccc2-c2c(-c3cc4c(cc3N(c3ccc(-c5cccc6ccccc56)cc3)c3ccc5c6ccccc6c6ccccc6c5c3)C3(c5ccccc5-c5ccccc53)c3ccccc3-4)cccc21. The van der Waals surface area contributed by atoms with Gasteiger partial charge in [-0.2, -0.15) is 0 Å². The summed E-state index contributed by atoms with van der Waals surface area (Å²) >= 11 is 0. The van der Waals surface area contributed by atoms with Crippen molar-refractivity contribution in [2.45, 2.75) is 24.7 Å². The highest BCUT2D eigenvalue weighted by molar-refractivity contribution is 6.26. The predicted octanol–water partition coefficient (Wildman–Crippen LogP) is 19.8. The van der Waals surface area contributed by atoms with Crippen LogP contribution in [-0.2, 0) is 10.8 Å². The van der Waals surface area contributed by atoms with Gasteiger partial charge in [0.15, 0.2) is 0 Å². The monoisotopic (exact) mass is 951 g/mol. The fraction of sp³-hybridized carbons (Fsp3) is 0.0541. The summed E-state index contributed by atoms with van der Waals surface area (Å²) in [5.41, 5.74) is 23.3. The van der Waals surface area contributed by atoms with Gasteiger partial charge in [0.1, 0.15) is 0 Å². The van der Waals surface area contributed by atoms with Crippen LogP contribution in [0.25, 0.3) is 98.7 Å². The minimum absolute atomic E-state index is 0.175. The third-order valence-corrected chi connectivity index (χ3v) is 17.5. The average Bonchev–Trinajstić information content (AvgIpc) is 4.12. The van der Waals surface area contributed by atoms with Crippen LogP contribution in [0.15, 0.2) is 261 Å². The van der Waals surface area contributed by atoms with Gasteiger partial charge < -0.3 is 4.90 Å². The van der Waals surface area contributed by atoms with Crippen molar-refractivity contribution in [3.05, 3.63) is 294 Å². The van der Waals surface area contributed by atoms with Crippen LogP contribution in [0.3, 0.4) is 0 Å². The Labute approximate surface area is 437 Å². The Balaban J connectivity index is 1.04. The van der Waals surface area contributed by atoms with E-state index in [2.05, 4.69) is 280 Å². The van der Waals surface area contributed by atoms with E-state index >= 15 is 0 Å². The second-order valence-corrected chi connectivity index (χ2v) is 21.4. The summed E-state index contributed by atoms with van der Waals surface area (Å²) in [6.45, 7) is 4.79. The summed E-state index contributed by atoms with van der Waals surface area (Å²) in [5, 5.41) is 10.0. The first-order valence-corrected chi connectivity index (χ1v) is 26.4. The molecule has 0 atom stereocenters. The van der Waals surface area contributed by atoms with Gasteiger partial charge in [0.25, 0.3) is 0 Å². The number of hydrogen-bond donors (Lipinski definition) is 0. The largest absolute Gasteiger partial charge is 0.310 e. The summed E-state index contributed by atoms with van der Waals surface area (Å²) in [6, 6.07) is 98.8. The Morgan fingerprint density at radius 2 is 0.720 bits per heavy atom. The van der Waals surface area contributed by atoms with E-state index < -0.39 is 5.41 Å². The molecule has 1 nitrogen and oxygen atoms in total. The van der Waals surface area contributed by atoms with Crippen molar-refractivity contribution in [3.8, 4) is 55.6 Å². The molecule has 1 heteroatoms. The van der Waals surface area contributed by atoms with E-state index in [1.807, 2.05) is 0 Å². The molecule has 1 spiro atoms. The minimum Gasteiger partial charge on any atom is -0.310 e. The summed E-state index contributed by atoms with van der Waals surface area (Å²) in [4.78, 5) is 2.58. The van der Waals surface area contributed by atoms with Gasteiger partial charge in [-0.3, -0.25) is 0 Å². The lowest BCUT2D eigenvalue weighted by Gasteiger charge is -2.34. The van der Waals surface area contributed by atoms with E-state index in [0.717, 1.165) is 17.1 Å². The summed E-state index contributed by atoms with van der Waals surface area (Å²) < 4.78 is 0. The van der Waals surface area contributed by atoms with Crippen LogP contribution in [0.1, 0.15) is 47.2 Å². The topological polar surface area (TPSA) is 3.24 Å². The third kappa shape index (κ3) is 5.73. The maximum atomic E-state index is 2.61. The lowest BCUT2D eigenvalue weighted by Crippen LogP contribution is -2.26. The van der Waals surface area contributed by atoms with Crippen LogP contribution in [0, 0.1) is 0 Å². The second-order valence-electron chi connectivity index (χ2n) is 21.4. The second kappa shape index (κ2) is 15.6. The molecule has 0 N–H and O–H groups in total. The molecule has 0 unspecified atom stereocenters. The number of nitrogens with zero attached hydrogens (tertiary/aromatic N) is 1. The van der Waals surface area contributed by atoms with Crippen LogP contribution >= 0.6 is 0 Å². The van der Waals surface area contributed by atoms with Crippen molar-refractivity contribution < 1.29 is 0 Å². The summed E-state index contributed by atoms with van der Waals surface area (Å²) in [7, 11) is 0. The van der Waals surface area contributed by atoms with Crippen molar-refractivity contribution in [1.29, 1.82) is 0 Å². The average molecular weight is 952 g/mol. The minimum atomic E-state index is -0.540. The van der Waals surface area contributed by atoms with Gasteiger partial charge in [-0.15, -0.1) is 0 Å². The molecule has 13 aromatic rings. The molecule has 0 saturated carbocycles. The standard InChI is InChI=1S/C74H49N/c1-73(2)65-32-13-12-29-61(65)72-60(31-18-36-69(72)73)64-44-63-59-28-11-16-35-68(59)74(66-33-14-9-26-57(66)58-27-10-15-34-67(58)74)70(63)45-71(64)75(48-39-37-47(38-40-48)51-30-17-20-46-19-3-4-21-50(46)51)49-41-42-56-54-24-6-5-22-52(54)53-23-7-8-25-55(53)62(56)43-49/h3-45H,1-2H3. The molecule has 3 aliphatic rings. The maximum absolute atomic E-state index is 2.61. The summed E-state index contributed by atoms with van der Waals surface area (Å²) in [6.07, 6.45) is 0. The normalized spacial score (nSPS) is 13.9. The third-order valence-electron chi connectivity index (χ3n) is 17.5. The number of rotatable bonds is 5. The molecule has 3 aliphatic carbocycles. The fourth-order valence-electron chi connectivity index (χ4n) is 14.2. The van der Waals surface area contributed by atoms with Gasteiger partial charge in [-0.1, -0.05) is 238 Å². The Morgan fingerprint density at radius 3 is 1.37 bits per heavy atom. The molecule has 0 heterocycles. The van der Waals surface area contributed by atoms with Gasteiger partial charge in [0.05, 0.1) is 11.1 Å². The number of anilines is 3. The molecule has 0 bridgehead atoms. The van der Waals surface area contributed by atoms with Gasteiger partial charge in [0.2, 0.25) is 0 Å². The van der Waals surface area contributed by atoms with Crippen LogP contribution in [0.4, 0.5) is 17.1 Å². The molecule has 0 fully saturated rings. The van der Waals surface area contributed by atoms with Gasteiger partial charge in [0, 0.05) is 22.4 Å². The van der Waals surface area contributed by atoms with E-state index in [1.54, 1.807) is 0 Å². The molecule has 75 heavy (non-hydrogen) atoms. The Bertz CT molecular complexity index is 4480. The fourth-order valence-corrected chi connectivity index (χ4v) is 14.2. The Kier molecular flexibility index (Phi) is 8.79. The van der Waals surface area contributed by atoms with E-state index in [-0.39, 0.29) is 5.41 Å². The van der Waals surface area contributed by atoms with E-state index in [1.165, 1.54) is 132 Å². The van der Waals surface area contributed by atoms with Gasteiger partial charge in [-0.05, 0) is 163 Å². The molecule has 13 aromatic carbocycles. The maximum Gasteiger partial charge on any atom is 0.0726 e. The zero-order chi connectivity index (χ0) is 49.6. The quantitative estimate of drug-likeness (QED) is 0.155. The lowest BCUT2D eigenvalue weighted by molar-refractivity contribution is 0.660. The highest BCUT2D eigenvalue weighted by Gasteiger charge is 2.52. The highest BCUT2D eigenvalue weighted by Crippen LogP contribution is 2.65. The van der Waals surface area contributed by atoms with Crippen LogP contribution in [-0.4, -0.2) is 0 Å². The van der Waals surface area contributed by atoms with E-state index in [4.69, 9.17) is 0 Å². The van der Waals surface area contributed by atoms with E-state index in [9.17, 15) is 0 Å². The molecule has 16 rings (SSSR count). The molecule has 0 aromatic heterocycles. The Hall–Kier alpha value is -9.30. The number of hydrogen-bond acceptors (Lipinski definition) is 1. The first kappa shape index (κ1) is 42.2. The number of fused-ring (bicyclic) bond motifs is 20. The highest BCUT2D eigenvalue weighted by atomic mass is 15.1. The smallest absolute Gasteiger partial charge is 0.0726 e. The number of benzene rings is 13. The molecular weight excluding hydrogens is 903 g/mol. The van der Waals surface area contributed by atoms with Gasteiger partial charge in [-0.25, -0.2) is 0 Å². The molecular formula is C74H49N. The van der Waals surface area contributed by atoms with Crippen molar-refractivity contribution in [1.82, 2.24) is 0 Å². The van der Waals surface area contributed by atoms with Crippen LogP contribution in [0.2, 0.25) is 0 Å². The molecule has 0 amide bonds. The van der Waals surface area contributed by atoms with Crippen molar-refractivity contribution in [3.63, 3.8) is 0 Å². The molecule has 0 radical (unpaired) electrons. The van der Waals surface area contributed by atoms with Crippen molar-refractivity contribution in [2.75, 3.05) is 4.90 Å². The van der Waals surface area contributed by atoms with Crippen LogP contribution in [0.5, 0.6) is 0 Å². The van der Waals surface area contributed by atoms with Crippen LogP contribution < -0.4 is 4.90 Å².